The number of nitrogens with one attached hydrogen (secondary N) is 1. The van der Waals surface area contributed by atoms with Crippen molar-refractivity contribution in [1.29, 1.82) is 0 Å². The van der Waals surface area contributed by atoms with Crippen molar-refractivity contribution in [3.05, 3.63) is 17.0 Å². The van der Waals surface area contributed by atoms with Gasteiger partial charge >= 0.3 is 0 Å². The number of aryl methyl sites for hydroxylation is 1. The fourth-order valence-electron chi connectivity index (χ4n) is 4.35. The number of aromatic nitrogens is 1. The van der Waals surface area contributed by atoms with E-state index < -0.39 is 0 Å². The molecule has 7 nitrogen and oxygen atoms in total. The lowest BCUT2D eigenvalue weighted by Gasteiger charge is -2.33. The van der Waals surface area contributed by atoms with Gasteiger partial charge in [0.15, 0.2) is 5.69 Å². The van der Waals surface area contributed by atoms with Crippen molar-refractivity contribution in [2.45, 2.75) is 59.3 Å². The predicted octanol–water partition coefficient (Wildman–Crippen LogP) is 2.14. The molecular weight excluding hydrogens is 356 g/mol. The topological polar surface area (TPSA) is 101 Å². The molecule has 28 heavy (non-hydrogen) atoms. The van der Waals surface area contributed by atoms with Crippen molar-refractivity contribution in [3.8, 4) is 0 Å². The molecule has 0 saturated carbocycles. The summed E-state index contributed by atoms with van der Waals surface area (Å²) in [6, 6.07) is 0. The third kappa shape index (κ3) is 4.93. The first-order valence-electron chi connectivity index (χ1n) is 10.5. The number of hydrogen-bond donors (Lipinski definition) is 2. The molecule has 3 rings (SSSR count). The summed E-state index contributed by atoms with van der Waals surface area (Å²) in [6.07, 6.45) is 5.35. The smallest absolute Gasteiger partial charge is 0.273 e. The molecular formula is C21H34N4O3. The summed E-state index contributed by atoms with van der Waals surface area (Å²) in [7, 11) is 0. The Labute approximate surface area is 167 Å². The SMILES string of the molecule is CC(C)(C)[C@@H]1CCc2onc(C(=O)NCCCN3CCC(C(N)=O)CC3)c2C1. The number of hydrogen-bond acceptors (Lipinski definition) is 5. The minimum atomic E-state index is -0.184. The number of nitrogens with two attached hydrogens (primary N) is 1. The van der Waals surface area contributed by atoms with E-state index in [0.29, 0.717) is 18.2 Å². The second kappa shape index (κ2) is 8.64. The van der Waals surface area contributed by atoms with Crippen LogP contribution in [0.25, 0.3) is 0 Å². The lowest BCUT2D eigenvalue weighted by atomic mass is 9.71. The molecule has 1 aromatic rings. The molecule has 7 heteroatoms. The number of piperidine rings is 1. The average Bonchev–Trinajstić information content (AvgIpc) is 3.08. The second-order valence-corrected chi connectivity index (χ2v) is 9.37. The second-order valence-electron chi connectivity index (χ2n) is 9.37. The normalized spacial score (nSPS) is 21.3. The zero-order valence-corrected chi connectivity index (χ0v) is 17.4. The van der Waals surface area contributed by atoms with E-state index in [4.69, 9.17) is 10.3 Å². The number of carbonyl (C=O) groups excluding carboxylic acids is 2. The number of primary amides is 1. The number of nitrogens with zero attached hydrogens (tertiary/aromatic N) is 2. The van der Waals surface area contributed by atoms with Crippen molar-refractivity contribution in [2.24, 2.45) is 23.0 Å². The fourth-order valence-corrected chi connectivity index (χ4v) is 4.35. The molecule has 2 amide bonds. The first kappa shape index (κ1) is 20.8. The van der Waals surface area contributed by atoms with Gasteiger partial charge in [-0.15, -0.1) is 0 Å². The van der Waals surface area contributed by atoms with Crippen LogP contribution in [-0.4, -0.2) is 48.0 Å². The van der Waals surface area contributed by atoms with Gasteiger partial charge in [-0.3, -0.25) is 9.59 Å². The van der Waals surface area contributed by atoms with Crippen LogP contribution >= 0.6 is 0 Å². The molecule has 0 spiro atoms. The zero-order valence-electron chi connectivity index (χ0n) is 17.4. The summed E-state index contributed by atoms with van der Waals surface area (Å²) < 4.78 is 5.44. The molecule has 1 aliphatic heterocycles. The molecule has 2 heterocycles. The highest BCUT2D eigenvalue weighted by Gasteiger charge is 2.34. The molecule has 0 radical (unpaired) electrons. The van der Waals surface area contributed by atoms with Crippen LogP contribution in [0, 0.1) is 17.3 Å². The molecule has 0 unspecified atom stereocenters. The van der Waals surface area contributed by atoms with E-state index in [-0.39, 0.29) is 23.1 Å². The summed E-state index contributed by atoms with van der Waals surface area (Å²) in [6.45, 7) is 10.1. The summed E-state index contributed by atoms with van der Waals surface area (Å²) in [5.41, 5.74) is 7.05. The van der Waals surface area contributed by atoms with Crippen LogP contribution in [0.1, 0.15) is 68.3 Å². The van der Waals surface area contributed by atoms with E-state index in [9.17, 15) is 9.59 Å². The van der Waals surface area contributed by atoms with Gasteiger partial charge in [0.2, 0.25) is 5.91 Å². The van der Waals surface area contributed by atoms with Crippen molar-refractivity contribution < 1.29 is 14.1 Å². The Morgan fingerprint density at radius 2 is 1.96 bits per heavy atom. The number of fused-ring (bicyclic) bond motifs is 1. The molecule has 0 aromatic carbocycles. The van der Waals surface area contributed by atoms with Gasteiger partial charge in [-0.2, -0.15) is 0 Å². The molecule has 1 aromatic heterocycles. The van der Waals surface area contributed by atoms with Crippen LogP contribution < -0.4 is 11.1 Å². The molecule has 156 valence electrons. The van der Waals surface area contributed by atoms with Gasteiger partial charge in [-0.1, -0.05) is 25.9 Å². The Morgan fingerprint density at radius 3 is 2.61 bits per heavy atom. The zero-order chi connectivity index (χ0) is 20.3. The highest BCUT2D eigenvalue weighted by Crippen LogP contribution is 2.38. The highest BCUT2D eigenvalue weighted by molar-refractivity contribution is 5.93. The van der Waals surface area contributed by atoms with E-state index in [1.807, 2.05) is 0 Å². The number of amides is 2. The van der Waals surface area contributed by atoms with E-state index >= 15 is 0 Å². The van der Waals surface area contributed by atoms with E-state index in [0.717, 1.165) is 69.5 Å². The first-order valence-corrected chi connectivity index (χ1v) is 10.5. The van der Waals surface area contributed by atoms with Gasteiger partial charge < -0.3 is 20.5 Å². The number of rotatable bonds is 6. The molecule has 1 atom stereocenters. The Hall–Kier alpha value is -1.89. The van der Waals surface area contributed by atoms with E-state index in [1.165, 1.54) is 0 Å². The van der Waals surface area contributed by atoms with Gasteiger partial charge in [-0.25, -0.2) is 0 Å². The Kier molecular flexibility index (Phi) is 6.43. The van der Waals surface area contributed by atoms with Crippen LogP contribution in [0.4, 0.5) is 0 Å². The van der Waals surface area contributed by atoms with Crippen molar-refractivity contribution >= 4 is 11.8 Å². The Morgan fingerprint density at radius 1 is 1.25 bits per heavy atom. The molecule has 1 fully saturated rings. The van der Waals surface area contributed by atoms with Crippen molar-refractivity contribution in [2.75, 3.05) is 26.2 Å². The van der Waals surface area contributed by atoms with Crippen molar-refractivity contribution in [3.63, 3.8) is 0 Å². The average molecular weight is 391 g/mol. The maximum atomic E-state index is 12.6. The Balaban J connectivity index is 1.44. The third-order valence-corrected chi connectivity index (χ3v) is 6.41. The molecule has 3 N–H and O–H groups in total. The first-order chi connectivity index (χ1) is 13.3. The Bertz CT molecular complexity index is 699. The number of likely N-dealkylation sites (tertiary alicyclic amines) is 1. The molecule has 1 aliphatic carbocycles. The lowest BCUT2D eigenvalue weighted by molar-refractivity contribution is -0.123. The summed E-state index contributed by atoms with van der Waals surface area (Å²) >= 11 is 0. The largest absolute Gasteiger partial charge is 0.369 e. The third-order valence-electron chi connectivity index (χ3n) is 6.41. The lowest BCUT2D eigenvalue weighted by Crippen LogP contribution is -2.39. The maximum Gasteiger partial charge on any atom is 0.273 e. The summed E-state index contributed by atoms with van der Waals surface area (Å²) in [5, 5.41) is 7.06. The van der Waals surface area contributed by atoms with Crippen LogP contribution in [0.15, 0.2) is 4.52 Å². The predicted molar refractivity (Wildman–Crippen MR) is 107 cm³/mol. The maximum absolute atomic E-state index is 12.6. The quantitative estimate of drug-likeness (QED) is 0.725. The molecule has 0 bridgehead atoms. The van der Waals surface area contributed by atoms with Gasteiger partial charge in [0.25, 0.3) is 5.91 Å². The van der Waals surface area contributed by atoms with Crippen LogP contribution in [0.3, 0.4) is 0 Å². The van der Waals surface area contributed by atoms with Crippen LogP contribution in [0.2, 0.25) is 0 Å². The molecule has 2 aliphatic rings. The fraction of sp³-hybridized carbons (Fsp3) is 0.762. The van der Waals surface area contributed by atoms with Crippen LogP contribution in [-0.2, 0) is 17.6 Å². The summed E-state index contributed by atoms with van der Waals surface area (Å²) in [5.74, 6) is 1.12. The van der Waals surface area contributed by atoms with E-state index in [1.54, 1.807) is 0 Å². The standard InChI is InChI=1S/C21H34N4O3/c1-21(2,3)15-5-6-17-16(13-15)18(24-28-17)20(27)23-9-4-10-25-11-7-14(8-12-25)19(22)26/h14-15H,4-13H2,1-3H3,(H2,22,26)(H,23,27)/t15-/m1/s1. The van der Waals surface area contributed by atoms with E-state index in [2.05, 4.69) is 36.1 Å². The monoisotopic (exact) mass is 390 g/mol. The van der Waals surface area contributed by atoms with Crippen molar-refractivity contribution in [1.82, 2.24) is 15.4 Å². The highest BCUT2D eigenvalue weighted by atomic mass is 16.5. The number of carbonyl (C=O) groups is 2. The van der Waals surface area contributed by atoms with Gasteiger partial charge in [0.05, 0.1) is 0 Å². The molecule has 1 saturated heterocycles. The minimum Gasteiger partial charge on any atom is -0.369 e. The van der Waals surface area contributed by atoms with Gasteiger partial charge in [0, 0.05) is 24.4 Å². The van der Waals surface area contributed by atoms with Crippen LogP contribution in [0.5, 0.6) is 0 Å². The van der Waals surface area contributed by atoms with Gasteiger partial charge in [0.1, 0.15) is 5.76 Å². The van der Waals surface area contributed by atoms with Gasteiger partial charge in [-0.05, 0) is 63.1 Å². The minimum absolute atomic E-state index is 0.0196. The summed E-state index contributed by atoms with van der Waals surface area (Å²) in [4.78, 5) is 26.2.